The van der Waals surface area contributed by atoms with E-state index in [-0.39, 0.29) is 29.5 Å². The molecule has 0 spiro atoms. The molecular weight excluding hydrogens is 422 g/mol. The Bertz CT molecular complexity index is 930. The molecule has 3 rings (SSSR count). The molecule has 0 radical (unpaired) electrons. The van der Waals surface area contributed by atoms with Crippen LogP contribution in [0.5, 0.6) is 0 Å². The lowest BCUT2D eigenvalue weighted by Crippen LogP contribution is -2.42. The molecule has 2 aromatic rings. The van der Waals surface area contributed by atoms with Crippen molar-refractivity contribution in [2.24, 2.45) is 5.92 Å². The average Bonchev–Trinajstić information content (AvgIpc) is 2.75. The number of anilines is 2. The van der Waals surface area contributed by atoms with Crippen molar-refractivity contribution in [1.29, 1.82) is 0 Å². The third-order valence-electron chi connectivity index (χ3n) is 5.54. The van der Waals surface area contributed by atoms with E-state index in [0.717, 1.165) is 48.6 Å². The minimum Gasteiger partial charge on any atom is -0.355 e. The highest BCUT2D eigenvalue weighted by Gasteiger charge is 2.26. The molecule has 2 heterocycles. The second-order valence-electron chi connectivity index (χ2n) is 8.76. The van der Waals surface area contributed by atoms with E-state index in [0.29, 0.717) is 5.03 Å². The molecule has 1 aromatic heterocycles. The summed E-state index contributed by atoms with van der Waals surface area (Å²) in [5, 5.41) is 15.4. The number of rotatable bonds is 7. The summed E-state index contributed by atoms with van der Waals surface area (Å²) in [6, 6.07) is 8.15. The summed E-state index contributed by atoms with van der Waals surface area (Å²) < 4.78 is 0. The van der Waals surface area contributed by atoms with Gasteiger partial charge in [0.25, 0.3) is 0 Å². The lowest BCUT2D eigenvalue weighted by atomic mass is 9.95. The predicted octanol–water partition coefficient (Wildman–Crippen LogP) is 3.87. The topological polar surface area (TPSA) is 87.2 Å². The van der Waals surface area contributed by atoms with Crippen molar-refractivity contribution in [3.63, 3.8) is 0 Å². The Morgan fingerprint density at radius 3 is 2.31 bits per heavy atom. The largest absolute Gasteiger partial charge is 0.355 e. The van der Waals surface area contributed by atoms with Gasteiger partial charge in [-0.25, -0.2) is 0 Å². The lowest BCUT2D eigenvalue weighted by Gasteiger charge is -2.32. The van der Waals surface area contributed by atoms with Crippen LogP contribution in [0.2, 0.25) is 0 Å². The number of hydrogen-bond acceptors (Lipinski definition) is 6. The van der Waals surface area contributed by atoms with E-state index in [9.17, 15) is 9.59 Å². The van der Waals surface area contributed by atoms with Crippen LogP contribution in [0.4, 0.5) is 11.5 Å². The molecule has 2 N–H and O–H groups in total. The number of carbonyl (C=O) groups is 2. The van der Waals surface area contributed by atoms with Crippen LogP contribution >= 0.6 is 11.8 Å². The Balaban J connectivity index is 1.48. The zero-order chi connectivity index (χ0) is 23.3. The van der Waals surface area contributed by atoms with Gasteiger partial charge in [-0.05, 0) is 70.7 Å². The third kappa shape index (κ3) is 6.45. The van der Waals surface area contributed by atoms with Crippen LogP contribution in [0.15, 0.2) is 29.3 Å². The monoisotopic (exact) mass is 455 g/mol. The molecule has 1 aliphatic rings. The van der Waals surface area contributed by atoms with Crippen molar-refractivity contribution in [1.82, 2.24) is 15.5 Å². The highest BCUT2D eigenvalue weighted by Crippen LogP contribution is 2.25. The van der Waals surface area contributed by atoms with E-state index in [4.69, 9.17) is 0 Å². The van der Waals surface area contributed by atoms with Gasteiger partial charge in [0.2, 0.25) is 11.8 Å². The van der Waals surface area contributed by atoms with Crippen LogP contribution in [0.25, 0.3) is 0 Å². The molecule has 1 aromatic carbocycles. The van der Waals surface area contributed by atoms with Crippen molar-refractivity contribution >= 4 is 35.1 Å². The van der Waals surface area contributed by atoms with Gasteiger partial charge >= 0.3 is 0 Å². The van der Waals surface area contributed by atoms with Crippen molar-refractivity contribution in [2.45, 2.75) is 58.5 Å². The van der Waals surface area contributed by atoms with Gasteiger partial charge in [-0.1, -0.05) is 29.5 Å². The van der Waals surface area contributed by atoms with E-state index < -0.39 is 0 Å². The second-order valence-corrected chi connectivity index (χ2v) is 9.76. The van der Waals surface area contributed by atoms with E-state index in [2.05, 4.69) is 44.8 Å². The number of benzene rings is 1. The van der Waals surface area contributed by atoms with Gasteiger partial charge in [0, 0.05) is 30.7 Å². The Hall–Kier alpha value is -2.61. The fourth-order valence-corrected chi connectivity index (χ4v) is 4.64. The molecule has 1 aliphatic heterocycles. The number of thioether (sulfide) groups is 1. The lowest BCUT2D eigenvalue weighted by molar-refractivity contribution is -0.126. The molecule has 1 fully saturated rings. The molecule has 0 atom stereocenters. The summed E-state index contributed by atoms with van der Waals surface area (Å²) in [5.41, 5.74) is 4.20. The van der Waals surface area contributed by atoms with E-state index in [1.54, 1.807) is 0 Å². The Morgan fingerprint density at radius 1 is 1.09 bits per heavy atom. The van der Waals surface area contributed by atoms with Crippen LogP contribution in [-0.4, -0.2) is 46.9 Å². The van der Waals surface area contributed by atoms with Crippen molar-refractivity contribution in [2.75, 3.05) is 29.1 Å². The maximum atomic E-state index is 12.4. The van der Waals surface area contributed by atoms with Crippen LogP contribution in [0.1, 0.15) is 43.4 Å². The fraction of sp³-hybridized carbons (Fsp3) is 0.500. The summed E-state index contributed by atoms with van der Waals surface area (Å²) in [7, 11) is 0. The van der Waals surface area contributed by atoms with Crippen molar-refractivity contribution < 1.29 is 9.59 Å². The molecule has 0 saturated carbocycles. The summed E-state index contributed by atoms with van der Waals surface area (Å²) in [6.45, 7) is 11.6. The third-order valence-corrected chi connectivity index (χ3v) is 6.46. The number of aromatic nitrogens is 2. The molecule has 32 heavy (non-hydrogen) atoms. The first-order chi connectivity index (χ1) is 15.2. The first kappa shape index (κ1) is 24.0. The Kier molecular flexibility index (Phi) is 8.12. The molecule has 7 nitrogen and oxygen atoms in total. The van der Waals surface area contributed by atoms with Gasteiger partial charge in [0.15, 0.2) is 5.82 Å². The first-order valence-electron chi connectivity index (χ1n) is 11.1. The van der Waals surface area contributed by atoms with Crippen LogP contribution in [0, 0.1) is 26.7 Å². The highest BCUT2D eigenvalue weighted by molar-refractivity contribution is 7.99. The van der Waals surface area contributed by atoms with Gasteiger partial charge in [-0.3, -0.25) is 9.59 Å². The summed E-state index contributed by atoms with van der Waals surface area (Å²) in [4.78, 5) is 26.8. The average molecular weight is 456 g/mol. The van der Waals surface area contributed by atoms with Gasteiger partial charge < -0.3 is 15.5 Å². The normalized spacial score (nSPS) is 14.5. The van der Waals surface area contributed by atoms with Crippen LogP contribution in [0.3, 0.4) is 0 Å². The summed E-state index contributed by atoms with van der Waals surface area (Å²) >= 11 is 1.37. The minimum absolute atomic E-state index is 0.0577. The summed E-state index contributed by atoms with van der Waals surface area (Å²) in [6.07, 6.45) is 1.63. The number of piperidine rings is 1. The first-order valence-corrected chi connectivity index (χ1v) is 12.1. The van der Waals surface area contributed by atoms with Crippen molar-refractivity contribution in [3.05, 3.63) is 41.0 Å². The van der Waals surface area contributed by atoms with Gasteiger partial charge in [0.05, 0.1) is 5.75 Å². The Labute approximate surface area is 194 Å². The highest BCUT2D eigenvalue weighted by atomic mass is 32.2. The summed E-state index contributed by atoms with van der Waals surface area (Å²) in [5.74, 6) is 1.24. The van der Waals surface area contributed by atoms with Crippen LogP contribution in [-0.2, 0) is 9.59 Å². The number of carbonyl (C=O) groups excluding carboxylic acids is 2. The second kappa shape index (κ2) is 10.8. The molecule has 2 amide bonds. The predicted molar refractivity (Wildman–Crippen MR) is 130 cm³/mol. The van der Waals surface area contributed by atoms with Gasteiger partial charge in [-0.2, -0.15) is 0 Å². The minimum atomic E-state index is -0.0577. The van der Waals surface area contributed by atoms with E-state index >= 15 is 0 Å². The zero-order valence-corrected chi connectivity index (χ0v) is 20.4. The molecule has 172 valence electrons. The van der Waals surface area contributed by atoms with Gasteiger partial charge in [-0.15, -0.1) is 10.2 Å². The molecule has 8 heteroatoms. The van der Waals surface area contributed by atoms with E-state index in [1.807, 2.05) is 39.8 Å². The number of nitrogens with one attached hydrogen (secondary N) is 2. The molecule has 1 saturated heterocycles. The SMILES string of the molecule is Cc1cc(C)c(NC(=O)CSc2ccc(N3CCC(C(=O)NC(C)C)CC3)nn2)c(C)c1. The number of nitrogens with zero attached hydrogens (tertiary/aromatic N) is 3. The maximum absolute atomic E-state index is 12.4. The van der Waals surface area contributed by atoms with Crippen LogP contribution < -0.4 is 15.5 Å². The number of amides is 2. The standard InChI is InChI=1S/C24H33N5O2S/c1-15(2)25-24(31)19-8-10-29(11-9-19)20-6-7-22(28-27-20)32-14-21(30)26-23-17(4)12-16(3)13-18(23)5/h6-7,12-13,15,19H,8-11,14H2,1-5H3,(H,25,31)(H,26,30). The van der Waals surface area contributed by atoms with E-state index in [1.165, 1.54) is 17.3 Å². The number of aryl methyl sites for hydroxylation is 3. The fourth-order valence-electron chi connectivity index (χ4n) is 4.02. The molecule has 0 bridgehead atoms. The van der Waals surface area contributed by atoms with Gasteiger partial charge in [0.1, 0.15) is 5.03 Å². The zero-order valence-electron chi connectivity index (χ0n) is 19.6. The molecule has 0 unspecified atom stereocenters. The smallest absolute Gasteiger partial charge is 0.234 e. The van der Waals surface area contributed by atoms with Crippen molar-refractivity contribution in [3.8, 4) is 0 Å². The number of hydrogen-bond donors (Lipinski definition) is 2. The Morgan fingerprint density at radius 2 is 1.75 bits per heavy atom. The maximum Gasteiger partial charge on any atom is 0.234 e. The molecular formula is C24H33N5O2S. The molecule has 0 aliphatic carbocycles. The quantitative estimate of drug-likeness (QED) is 0.616.